The van der Waals surface area contributed by atoms with E-state index in [0.29, 0.717) is 0 Å². The zero-order chi connectivity index (χ0) is 6.41. The van der Waals surface area contributed by atoms with Crippen LogP contribution < -0.4 is 5.90 Å². The fourth-order valence-corrected chi connectivity index (χ4v) is 0.234. The Bertz CT molecular complexity index is 78.2. The first-order valence-electron chi connectivity index (χ1n) is 2.22. The first-order chi connectivity index (χ1) is 3.77. The maximum atomic E-state index is 10.00. The molecule has 50 valence electrons. The van der Waals surface area contributed by atoms with Crippen LogP contribution in [-0.4, -0.2) is 19.2 Å². The van der Waals surface area contributed by atoms with Crippen LogP contribution in [0.1, 0.15) is 8.35 Å². The van der Waals surface area contributed by atoms with Crippen LogP contribution in [0.3, 0.4) is 0 Å². The molecule has 4 heteroatoms. The molecule has 0 rings (SSSR count). The third-order valence-corrected chi connectivity index (χ3v) is 0.507. The first-order valence-corrected chi connectivity index (χ1v) is 2.22. The molecular formula is C4H11NO3. The molecule has 8 heavy (non-hydrogen) atoms. The number of rotatable bonds is 3. The molecule has 2 N–H and O–H groups in total. The van der Waals surface area contributed by atoms with Crippen LogP contribution in [-0.2, 0) is 14.4 Å². The minimum Gasteiger partial charge on any atom is -0.463 e. The van der Waals surface area contributed by atoms with Crippen molar-refractivity contribution in [2.75, 3.05) is 13.2 Å². The summed E-state index contributed by atoms with van der Waals surface area (Å²) >= 11 is 0. The monoisotopic (exact) mass is 121 g/mol. The van der Waals surface area contributed by atoms with Gasteiger partial charge in [-0.05, 0) is 0 Å². The number of nitrogens with two attached hydrogens (primary N) is 1. The van der Waals surface area contributed by atoms with Crippen LogP contribution in [0, 0.1) is 0 Å². The van der Waals surface area contributed by atoms with Crippen molar-refractivity contribution in [3.63, 3.8) is 0 Å². The molecule has 0 unspecified atom stereocenters. The number of ether oxygens (including phenoxy) is 1. The third kappa shape index (κ3) is 5.39. The molecule has 0 aromatic heterocycles. The largest absolute Gasteiger partial charge is 0.463 e. The molecule has 0 bridgehead atoms. The summed E-state index contributed by atoms with van der Waals surface area (Å²) in [5.74, 6) is 4.31. The number of hydrogen-bond donors (Lipinski definition) is 1. The van der Waals surface area contributed by atoms with E-state index in [-0.39, 0.29) is 20.6 Å². The molecule has 0 aliphatic rings. The van der Waals surface area contributed by atoms with Gasteiger partial charge in [-0.2, -0.15) is 0 Å². The molecule has 0 radical (unpaired) electrons. The Labute approximate surface area is 49.0 Å². The standard InChI is InChI=1S/C4H9NO3.H2/c1-4(6)7-2-3-8-5;/h2-3,5H2,1H3;1H. The first kappa shape index (κ1) is 7.39. The lowest BCUT2D eigenvalue weighted by atomic mass is 10.7. The molecule has 0 spiro atoms. The van der Waals surface area contributed by atoms with E-state index in [2.05, 4.69) is 15.5 Å². The average molecular weight is 121 g/mol. The second-order valence-electron chi connectivity index (χ2n) is 1.21. The van der Waals surface area contributed by atoms with Gasteiger partial charge in [-0.25, -0.2) is 5.90 Å². The highest BCUT2D eigenvalue weighted by molar-refractivity contribution is 5.65. The van der Waals surface area contributed by atoms with Crippen LogP contribution in [0.15, 0.2) is 0 Å². The summed E-state index contributed by atoms with van der Waals surface area (Å²) in [6.07, 6.45) is 0. The summed E-state index contributed by atoms with van der Waals surface area (Å²) < 4.78 is 4.44. The molecule has 4 nitrogen and oxygen atoms in total. The van der Waals surface area contributed by atoms with Crippen molar-refractivity contribution in [3.05, 3.63) is 0 Å². The van der Waals surface area contributed by atoms with E-state index in [1.165, 1.54) is 6.92 Å². The molecule has 0 aromatic carbocycles. The predicted octanol–water partition coefficient (Wildman–Crippen LogP) is -0.314. The van der Waals surface area contributed by atoms with Gasteiger partial charge in [-0.15, -0.1) is 0 Å². The van der Waals surface area contributed by atoms with Crippen molar-refractivity contribution < 1.29 is 15.8 Å². The lowest BCUT2D eigenvalue weighted by Crippen LogP contribution is -2.10. The van der Waals surface area contributed by atoms with E-state index in [9.17, 15) is 4.79 Å². The van der Waals surface area contributed by atoms with Crippen molar-refractivity contribution in [1.29, 1.82) is 0 Å². The van der Waals surface area contributed by atoms with E-state index in [0.717, 1.165) is 0 Å². The van der Waals surface area contributed by atoms with Gasteiger partial charge >= 0.3 is 5.97 Å². The van der Waals surface area contributed by atoms with Gasteiger partial charge in [-0.1, -0.05) is 0 Å². The van der Waals surface area contributed by atoms with Gasteiger partial charge in [0, 0.05) is 8.35 Å². The summed E-state index contributed by atoms with van der Waals surface area (Å²) in [5.41, 5.74) is 0. The normalized spacial score (nSPS) is 8.75. The van der Waals surface area contributed by atoms with Gasteiger partial charge in [0.1, 0.15) is 13.2 Å². The highest BCUT2D eigenvalue weighted by atomic mass is 16.6. The lowest BCUT2D eigenvalue weighted by Gasteiger charge is -1.96. The maximum Gasteiger partial charge on any atom is 0.302 e. The summed E-state index contributed by atoms with van der Waals surface area (Å²) in [7, 11) is 0. The SMILES string of the molecule is CC(=O)OCCON.[HH]. The van der Waals surface area contributed by atoms with Gasteiger partial charge < -0.3 is 9.57 Å². The number of hydrogen-bond acceptors (Lipinski definition) is 4. The molecule has 0 atom stereocenters. The Hall–Kier alpha value is -0.610. The fraction of sp³-hybridized carbons (Fsp3) is 0.750. The lowest BCUT2D eigenvalue weighted by molar-refractivity contribution is -0.142. The molecule has 0 saturated heterocycles. The Morgan fingerprint density at radius 1 is 1.75 bits per heavy atom. The summed E-state index contributed by atoms with van der Waals surface area (Å²) in [5, 5.41) is 0. The minimum atomic E-state index is -0.318. The smallest absolute Gasteiger partial charge is 0.302 e. The predicted molar refractivity (Wildman–Crippen MR) is 28.9 cm³/mol. The molecule has 0 amide bonds. The van der Waals surface area contributed by atoms with E-state index >= 15 is 0 Å². The Balaban J connectivity index is 0. The zero-order valence-electron chi connectivity index (χ0n) is 4.72. The molecule has 0 heterocycles. The Kier molecular flexibility index (Phi) is 4.20. The summed E-state index contributed by atoms with van der Waals surface area (Å²) in [6, 6.07) is 0. The van der Waals surface area contributed by atoms with Gasteiger partial charge in [-0.3, -0.25) is 4.79 Å². The third-order valence-electron chi connectivity index (χ3n) is 0.507. The highest BCUT2D eigenvalue weighted by Gasteiger charge is 1.88. The summed E-state index contributed by atoms with van der Waals surface area (Å²) in [6.45, 7) is 1.81. The Morgan fingerprint density at radius 2 is 2.38 bits per heavy atom. The van der Waals surface area contributed by atoms with Gasteiger partial charge in [0.05, 0.1) is 0 Å². The average Bonchev–Trinajstić information content (AvgIpc) is 1.66. The molecule has 0 saturated carbocycles. The van der Waals surface area contributed by atoms with E-state index in [4.69, 9.17) is 0 Å². The van der Waals surface area contributed by atoms with Crippen molar-refractivity contribution >= 4 is 5.97 Å². The van der Waals surface area contributed by atoms with E-state index < -0.39 is 0 Å². The van der Waals surface area contributed by atoms with Crippen LogP contribution in [0.2, 0.25) is 0 Å². The van der Waals surface area contributed by atoms with Gasteiger partial charge in [0.15, 0.2) is 0 Å². The van der Waals surface area contributed by atoms with Gasteiger partial charge in [0.2, 0.25) is 0 Å². The van der Waals surface area contributed by atoms with Crippen molar-refractivity contribution in [3.8, 4) is 0 Å². The van der Waals surface area contributed by atoms with Crippen molar-refractivity contribution in [1.82, 2.24) is 0 Å². The van der Waals surface area contributed by atoms with Crippen LogP contribution in [0.4, 0.5) is 0 Å². The van der Waals surface area contributed by atoms with Crippen molar-refractivity contribution in [2.45, 2.75) is 6.92 Å². The Morgan fingerprint density at radius 3 is 2.75 bits per heavy atom. The minimum absolute atomic E-state index is 0. The van der Waals surface area contributed by atoms with Crippen LogP contribution >= 0.6 is 0 Å². The zero-order valence-corrected chi connectivity index (χ0v) is 4.72. The van der Waals surface area contributed by atoms with E-state index in [1.54, 1.807) is 0 Å². The number of esters is 1. The van der Waals surface area contributed by atoms with Crippen LogP contribution in [0.25, 0.3) is 0 Å². The highest BCUT2D eigenvalue weighted by Crippen LogP contribution is 1.73. The second kappa shape index (κ2) is 4.55. The number of carbonyl (C=O) groups is 1. The van der Waals surface area contributed by atoms with Gasteiger partial charge in [0.25, 0.3) is 0 Å². The molecule has 0 aromatic rings. The van der Waals surface area contributed by atoms with Crippen LogP contribution in [0.5, 0.6) is 0 Å². The molecule has 0 fully saturated rings. The maximum absolute atomic E-state index is 10.00. The quantitative estimate of drug-likeness (QED) is 0.316. The molecule has 0 aliphatic carbocycles. The molecule has 0 aliphatic heterocycles. The second-order valence-corrected chi connectivity index (χ2v) is 1.21. The topological polar surface area (TPSA) is 61.5 Å². The van der Waals surface area contributed by atoms with Crippen molar-refractivity contribution in [2.24, 2.45) is 5.90 Å². The summed E-state index contributed by atoms with van der Waals surface area (Å²) in [4.78, 5) is 14.1. The molecular weight excluding hydrogens is 110 g/mol. The fourth-order valence-electron chi connectivity index (χ4n) is 0.234. The van der Waals surface area contributed by atoms with E-state index in [1.807, 2.05) is 0 Å². The number of carbonyl (C=O) groups excluding carboxylic acids is 1.